The minimum absolute atomic E-state index is 0.0322. The van der Waals surface area contributed by atoms with Crippen molar-refractivity contribution in [2.24, 2.45) is 5.73 Å². The highest BCUT2D eigenvalue weighted by atomic mass is 16.5. The van der Waals surface area contributed by atoms with Crippen LogP contribution < -0.4 is 10.5 Å². The Bertz CT molecular complexity index is 363. The quantitative estimate of drug-likeness (QED) is 0.740. The molecule has 0 heterocycles. The molecule has 0 radical (unpaired) electrons. The number of hydrogen-bond acceptors (Lipinski definition) is 4. The number of methoxy groups -OCH3 is 2. The van der Waals surface area contributed by atoms with Gasteiger partial charge in [0.1, 0.15) is 5.75 Å². The van der Waals surface area contributed by atoms with Gasteiger partial charge in [-0.05, 0) is 12.6 Å². The normalized spacial score (nSPS) is 10.2. The molecular weight excluding hydrogens is 206 g/mol. The van der Waals surface area contributed by atoms with E-state index < -0.39 is 0 Å². The summed E-state index contributed by atoms with van der Waals surface area (Å²) in [6.07, 6.45) is 0.354. The molecule has 0 bridgehead atoms. The van der Waals surface area contributed by atoms with E-state index >= 15 is 0 Å². The van der Waals surface area contributed by atoms with Crippen LogP contribution in [0.5, 0.6) is 5.75 Å². The van der Waals surface area contributed by atoms with Gasteiger partial charge in [0.2, 0.25) is 0 Å². The van der Waals surface area contributed by atoms with Crippen LogP contribution in [0.2, 0.25) is 0 Å². The van der Waals surface area contributed by atoms with E-state index in [2.05, 4.69) is 0 Å². The van der Waals surface area contributed by atoms with Crippen LogP contribution in [0.1, 0.15) is 22.3 Å². The summed E-state index contributed by atoms with van der Waals surface area (Å²) in [6, 6.07) is 5.34. The summed E-state index contributed by atoms with van der Waals surface area (Å²) in [5, 5.41) is 0. The van der Waals surface area contributed by atoms with Crippen molar-refractivity contribution >= 4 is 5.78 Å². The van der Waals surface area contributed by atoms with E-state index in [9.17, 15) is 4.79 Å². The molecule has 0 saturated carbocycles. The zero-order valence-electron chi connectivity index (χ0n) is 9.66. The second-order valence-electron chi connectivity index (χ2n) is 3.42. The summed E-state index contributed by atoms with van der Waals surface area (Å²) in [5.41, 5.74) is 6.90. The Hall–Kier alpha value is -1.39. The SMILES string of the molecule is COCc1ccc(C(=O)CCN)cc1OC. The maximum Gasteiger partial charge on any atom is 0.164 e. The second-order valence-corrected chi connectivity index (χ2v) is 3.42. The van der Waals surface area contributed by atoms with E-state index in [0.29, 0.717) is 30.9 Å². The van der Waals surface area contributed by atoms with E-state index in [1.165, 1.54) is 0 Å². The first-order valence-electron chi connectivity index (χ1n) is 5.12. The summed E-state index contributed by atoms with van der Waals surface area (Å²) in [4.78, 5) is 11.6. The van der Waals surface area contributed by atoms with Crippen molar-refractivity contribution in [3.05, 3.63) is 29.3 Å². The second kappa shape index (κ2) is 6.25. The van der Waals surface area contributed by atoms with Gasteiger partial charge in [0, 0.05) is 24.7 Å². The number of hydrogen-bond donors (Lipinski definition) is 1. The lowest BCUT2D eigenvalue weighted by molar-refractivity contribution is 0.0985. The van der Waals surface area contributed by atoms with E-state index in [0.717, 1.165) is 5.56 Å². The van der Waals surface area contributed by atoms with Crippen molar-refractivity contribution in [3.8, 4) is 5.75 Å². The van der Waals surface area contributed by atoms with E-state index in [1.54, 1.807) is 26.4 Å². The van der Waals surface area contributed by atoms with Gasteiger partial charge in [-0.1, -0.05) is 12.1 Å². The summed E-state index contributed by atoms with van der Waals surface area (Å²) in [6.45, 7) is 0.829. The summed E-state index contributed by atoms with van der Waals surface area (Å²) in [7, 11) is 3.19. The maximum absolute atomic E-state index is 11.6. The molecule has 0 aliphatic rings. The van der Waals surface area contributed by atoms with Gasteiger partial charge in [0.15, 0.2) is 5.78 Å². The lowest BCUT2D eigenvalue weighted by Crippen LogP contribution is -2.08. The van der Waals surface area contributed by atoms with Crippen LogP contribution in [0.4, 0.5) is 0 Å². The number of ketones is 1. The van der Waals surface area contributed by atoms with Gasteiger partial charge < -0.3 is 15.2 Å². The largest absolute Gasteiger partial charge is 0.496 e. The highest BCUT2D eigenvalue weighted by Gasteiger charge is 2.09. The first-order chi connectivity index (χ1) is 7.72. The van der Waals surface area contributed by atoms with Crippen LogP contribution in [-0.4, -0.2) is 26.5 Å². The number of nitrogens with two attached hydrogens (primary N) is 1. The third-order valence-corrected chi connectivity index (χ3v) is 2.28. The Morgan fingerprint density at radius 3 is 2.69 bits per heavy atom. The van der Waals surface area contributed by atoms with Crippen molar-refractivity contribution < 1.29 is 14.3 Å². The van der Waals surface area contributed by atoms with Crippen LogP contribution in [0.15, 0.2) is 18.2 Å². The molecular formula is C12H17NO3. The Labute approximate surface area is 95.3 Å². The zero-order chi connectivity index (χ0) is 12.0. The molecule has 1 aromatic rings. The standard InChI is InChI=1S/C12H17NO3/c1-15-8-10-4-3-9(7-12(10)16-2)11(14)5-6-13/h3-4,7H,5-6,8,13H2,1-2H3. The Balaban J connectivity index is 2.94. The van der Waals surface area contributed by atoms with Gasteiger partial charge in [-0.15, -0.1) is 0 Å². The highest BCUT2D eigenvalue weighted by Crippen LogP contribution is 2.21. The highest BCUT2D eigenvalue weighted by molar-refractivity contribution is 5.96. The van der Waals surface area contributed by atoms with E-state index in [-0.39, 0.29) is 5.78 Å². The molecule has 1 aromatic carbocycles. The van der Waals surface area contributed by atoms with Gasteiger partial charge in [0.25, 0.3) is 0 Å². The van der Waals surface area contributed by atoms with Gasteiger partial charge in [-0.25, -0.2) is 0 Å². The third kappa shape index (κ3) is 3.05. The Morgan fingerprint density at radius 2 is 2.12 bits per heavy atom. The molecule has 0 atom stereocenters. The Morgan fingerprint density at radius 1 is 1.38 bits per heavy atom. The van der Waals surface area contributed by atoms with Crippen molar-refractivity contribution in [3.63, 3.8) is 0 Å². The molecule has 2 N–H and O–H groups in total. The number of carbonyl (C=O) groups excluding carboxylic acids is 1. The average molecular weight is 223 g/mol. The fraction of sp³-hybridized carbons (Fsp3) is 0.417. The molecule has 16 heavy (non-hydrogen) atoms. The van der Waals surface area contributed by atoms with Crippen molar-refractivity contribution in [2.75, 3.05) is 20.8 Å². The van der Waals surface area contributed by atoms with E-state index in [1.807, 2.05) is 6.07 Å². The number of carbonyl (C=O) groups is 1. The minimum atomic E-state index is 0.0322. The van der Waals surface area contributed by atoms with E-state index in [4.69, 9.17) is 15.2 Å². The van der Waals surface area contributed by atoms with Crippen LogP contribution >= 0.6 is 0 Å². The topological polar surface area (TPSA) is 61.5 Å². The van der Waals surface area contributed by atoms with Gasteiger partial charge in [-0.3, -0.25) is 4.79 Å². The Kier molecular flexibility index (Phi) is 4.95. The maximum atomic E-state index is 11.6. The molecule has 0 aromatic heterocycles. The molecule has 88 valence electrons. The summed E-state index contributed by atoms with van der Waals surface area (Å²) >= 11 is 0. The summed E-state index contributed by atoms with van der Waals surface area (Å²) in [5.74, 6) is 0.703. The molecule has 0 saturated heterocycles. The number of benzene rings is 1. The van der Waals surface area contributed by atoms with Crippen molar-refractivity contribution in [1.29, 1.82) is 0 Å². The van der Waals surface area contributed by atoms with Crippen molar-refractivity contribution in [2.45, 2.75) is 13.0 Å². The fourth-order valence-electron chi connectivity index (χ4n) is 1.47. The molecule has 0 aliphatic carbocycles. The minimum Gasteiger partial charge on any atom is -0.496 e. The van der Waals surface area contributed by atoms with Gasteiger partial charge in [-0.2, -0.15) is 0 Å². The molecule has 0 unspecified atom stereocenters. The first kappa shape index (κ1) is 12.7. The monoisotopic (exact) mass is 223 g/mol. The van der Waals surface area contributed by atoms with Crippen molar-refractivity contribution in [1.82, 2.24) is 0 Å². The van der Waals surface area contributed by atoms with Crippen LogP contribution in [0, 0.1) is 0 Å². The van der Waals surface area contributed by atoms with Crippen LogP contribution in [0.3, 0.4) is 0 Å². The molecule has 0 amide bonds. The molecule has 0 spiro atoms. The fourth-order valence-corrected chi connectivity index (χ4v) is 1.47. The number of Topliss-reactive ketones (excluding diaryl/α,β-unsaturated/α-hetero) is 1. The van der Waals surface area contributed by atoms with Gasteiger partial charge in [0.05, 0.1) is 13.7 Å². The molecule has 0 aliphatic heterocycles. The van der Waals surface area contributed by atoms with Gasteiger partial charge >= 0.3 is 0 Å². The smallest absolute Gasteiger partial charge is 0.164 e. The lowest BCUT2D eigenvalue weighted by Gasteiger charge is -2.09. The zero-order valence-corrected chi connectivity index (χ0v) is 9.66. The number of ether oxygens (including phenoxy) is 2. The lowest BCUT2D eigenvalue weighted by atomic mass is 10.1. The first-order valence-corrected chi connectivity index (χ1v) is 5.12. The molecule has 4 heteroatoms. The van der Waals surface area contributed by atoms with Crippen LogP contribution in [-0.2, 0) is 11.3 Å². The van der Waals surface area contributed by atoms with Crippen LogP contribution in [0.25, 0.3) is 0 Å². The molecule has 4 nitrogen and oxygen atoms in total. The predicted molar refractivity (Wildman–Crippen MR) is 61.7 cm³/mol. The predicted octanol–water partition coefficient (Wildman–Crippen LogP) is 1.37. The third-order valence-electron chi connectivity index (χ3n) is 2.28. The number of rotatable bonds is 6. The molecule has 1 rings (SSSR count). The average Bonchev–Trinajstić information content (AvgIpc) is 2.30. The molecule has 0 fully saturated rings. The summed E-state index contributed by atoms with van der Waals surface area (Å²) < 4.78 is 10.2.